The maximum absolute atomic E-state index is 11.5. The molecule has 1 fully saturated rings. The average Bonchev–Trinajstić information content (AvgIpc) is 2.25. The predicted octanol–water partition coefficient (Wildman–Crippen LogP) is 0.390. The van der Waals surface area contributed by atoms with E-state index in [2.05, 4.69) is 0 Å². The van der Waals surface area contributed by atoms with Crippen LogP contribution in [0.15, 0.2) is 0 Å². The molecule has 13 heavy (non-hydrogen) atoms. The fourth-order valence-corrected chi connectivity index (χ4v) is 3.10. The maximum Gasteiger partial charge on any atom is 0.214 e. The smallest absolute Gasteiger partial charge is 0.214 e. The summed E-state index contributed by atoms with van der Waals surface area (Å²) >= 11 is 0. The van der Waals surface area contributed by atoms with Crippen LogP contribution in [0.3, 0.4) is 0 Å². The van der Waals surface area contributed by atoms with Crippen molar-refractivity contribution in [1.29, 1.82) is 0 Å². The Hall–Kier alpha value is -0.420. The van der Waals surface area contributed by atoms with Gasteiger partial charge in [-0.05, 0) is 20.8 Å². The molecule has 0 radical (unpaired) electrons. The van der Waals surface area contributed by atoms with Crippen LogP contribution >= 0.6 is 0 Å². The van der Waals surface area contributed by atoms with Crippen molar-refractivity contribution in [3.05, 3.63) is 0 Å². The largest absolute Gasteiger partial charge is 0.298 e. The Balaban J connectivity index is 3.01. The second-order valence-electron chi connectivity index (χ2n) is 3.94. The van der Waals surface area contributed by atoms with E-state index in [9.17, 15) is 13.2 Å². The van der Waals surface area contributed by atoms with Crippen LogP contribution in [0.1, 0.15) is 27.2 Å². The van der Waals surface area contributed by atoms with Gasteiger partial charge in [0.25, 0.3) is 0 Å². The molecule has 1 aliphatic heterocycles. The van der Waals surface area contributed by atoms with E-state index in [0.29, 0.717) is 6.42 Å². The van der Waals surface area contributed by atoms with Crippen molar-refractivity contribution in [3.63, 3.8) is 0 Å². The summed E-state index contributed by atoms with van der Waals surface area (Å²) in [6.07, 6.45) is 0.326. The minimum atomic E-state index is -3.23. The van der Waals surface area contributed by atoms with E-state index in [-0.39, 0.29) is 18.1 Å². The topological polar surface area (TPSA) is 54.5 Å². The normalized spacial score (nSPS) is 23.8. The minimum Gasteiger partial charge on any atom is -0.298 e. The summed E-state index contributed by atoms with van der Waals surface area (Å²) in [6, 6.07) is 0. The number of carbonyl (C=O) groups excluding carboxylic acids is 1. The number of hydrogen-bond acceptors (Lipinski definition) is 3. The van der Waals surface area contributed by atoms with Crippen molar-refractivity contribution in [2.24, 2.45) is 0 Å². The summed E-state index contributed by atoms with van der Waals surface area (Å²) in [6.45, 7) is 5.20. The Morgan fingerprint density at radius 1 is 1.46 bits per heavy atom. The predicted molar refractivity (Wildman–Crippen MR) is 49.9 cm³/mol. The zero-order chi connectivity index (χ0) is 10.3. The van der Waals surface area contributed by atoms with Crippen molar-refractivity contribution < 1.29 is 13.2 Å². The van der Waals surface area contributed by atoms with Gasteiger partial charge in [0.15, 0.2) is 0 Å². The highest BCUT2D eigenvalue weighted by Gasteiger charge is 2.43. The van der Waals surface area contributed by atoms with Gasteiger partial charge in [-0.3, -0.25) is 4.79 Å². The summed E-state index contributed by atoms with van der Waals surface area (Å²) in [5.41, 5.74) is -0.536. The van der Waals surface area contributed by atoms with E-state index in [0.717, 1.165) is 0 Å². The van der Waals surface area contributed by atoms with Gasteiger partial charge < -0.3 is 0 Å². The second-order valence-corrected chi connectivity index (χ2v) is 6.12. The number of hydrogen-bond donors (Lipinski definition) is 0. The van der Waals surface area contributed by atoms with Crippen molar-refractivity contribution in [2.75, 3.05) is 12.3 Å². The Bertz CT molecular complexity index is 318. The summed E-state index contributed by atoms with van der Waals surface area (Å²) < 4.78 is 24.4. The van der Waals surface area contributed by atoms with Gasteiger partial charge in [0.05, 0.1) is 12.3 Å². The molecular weight excluding hydrogens is 190 g/mol. The van der Waals surface area contributed by atoms with Gasteiger partial charge in [0.1, 0.15) is 5.78 Å². The van der Waals surface area contributed by atoms with E-state index in [1.807, 2.05) is 0 Å². The van der Waals surface area contributed by atoms with E-state index in [4.69, 9.17) is 0 Å². The standard InChI is InChI=1S/C8H15NO3S/c1-4-13(11,12)9-6-7(10)5-8(9,2)3/h4-6H2,1-3H3. The molecule has 76 valence electrons. The van der Waals surface area contributed by atoms with E-state index >= 15 is 0 Å². The second kappa shape index (κ2) is 3.06. The van der Waals surface area contributed by atoms with Crippen LogP contribution in [0.4, 0.5) is 0 Å². The Labute approximate surface area is 79.0 Å². The summed E-state index contributed by atoms with van der Waals surface area (Å²) in [4.78, 5) is 11.1. The number of nitrogens with zero attached hydrogens (tertiary/aromatic N) is 1. The van der Waals surface area contributed by atoms with Crippen LogP contribution < -0.4 is 0 Å². The molecule has 0 spiro atoms. The zero-order valence-corrected chi connectivity index (χ0v) is 9.02. The lowest BCUT2D eigenvalue weighted by molar-refractivity contribution is -0.116. The van der Waals surface area contributed by atoms with E-state index in [1.165, 1.54) is 4.31 Å². The number of rotatable bonds is 2. The van der Waals surface area contributed by atoms with Crippen LogP contribution in [0.2, 0.25) is 0 Å². The summed E-state index contributed by atoms with van der Waals surface area (Å²) in [7, 11) is -3.23. The SMILES string of the molecule is CCS(=O)(=O)N1CC(=O)CC1(C)C. The maximum atomic E-state index is 11.5. The van der Waals surface area contributed by atoms with Crippen LogP contribution in [0.25, 0.3) is 0 Å². The van der Waals surface area contributed by atoms with Gasteiger partial charge in [0.2, 0.25) is 10.0 Å². The van der Waals surface area contributed by atoms with Gasteiger partial charge in [-0.1, -0.05) is 0 Å². The third-order valence-corrected chi connectivity index (χ3v) is 4.35. The van der Waals surface area contributed by atoms with Crippen LogP contribution in [-0.2, 0) is 14.8 Å². The third kappa shape index (κ3) is 1.91. The molecule has 4 nitrogen and oxygen atoms in total. The molecule has 0 aromatic carbocycles. The first-order chi connectivity index (χ1) is 5.79. The first kappa shape index (κ1) is 10.7. The number of Topliss-reactive ketones (excluding diaryl/α,β-unsaturated/α-hetero) is 1. The van der Waals surface area contributed by atoms with Gasteiger partial charge in [-0.15, -0.1) is 0 Å². The van der Waals surface area contributed by atoms with Gasteiger partial charge >= 0.3 is 0 Å². The minimum absolute atomic E-state index is 0.00188. The molecule has 0 aromatic rings. The molecule has 0 aliphatic carbocycles. The molecular formula is C8H15NO3S. The molecule has 0 N–H and O–H groups in total. The molecule has 1 heterocycles. The quantitative estimate of drug-likeness (QED) is 0.655. The molecule has 0 amide bonds. The highest BCUT2D eigenvalue weighted by molar-refractivity contribution is 7.89. The van der Waals surface area contributed by atoms with Crippen molar-refractivity contribution >= 4 is 15.8 Å². The van der Waals surface area contributed by atoms with Gasteiger partial charge in [-0.2, -0.15) is 4.31 Å². The molecule has 1 aliphatic rings. The lowest BCUT2D eigenvalue weighted by atomic mass is 10.0. The molecule has 0 saturated carbocycles. The molecule has 0 aromatic heterocycles. The van der Waals surface area contributed by atoms with E-state index < -0.39 is 15.6 Å². The van der Waals surface area contributed by atoms with Crippen LogP contribution in [-0.4, -0.2) is 36.3 Å². The monoisotopic (exact) mass is 205 g/mol. The number of ketones is 1. The van der Waals surface area contributed by atoms with Gasteiger partial charge in [0, 0.05) is 12.0 Å². The fraction of sp³-hybridized carbons (Fsp3) is 0.875. The Morgan fingerprint density at radius 2 is 2.00 bits per heavy atom. The molecule has 0 bridgehead atoms. The van der Waals surface area contributed by atoms with Crippen molar-refractivity contribution in [3.8, 4) is 0 Å². The molecule has 0 atom stereocenters. The van der Waals surface area contributed by atoms with Crippen molar-refractivity contribution in [2.45, 2.75) is 32.7 Å². The summed E-state index contributed by atoms with van der Waals surface area (Å²) in [5, 5.41) is 0. The average molecular weight is 205 g/mol. The highest BCUT2D eigenvalue weighted by atomic mass is 32.2. The Morgan fingerprint density at radius 3 is 2.31 bits per heavy atom. The first-order valence-electron chi connectivity index (χ1n) is 4.32. The lowest BCUT2D eigenvalue weighted by Gasteiger charge is -2.28. The summed E-state index contributed by atoms with van der Waals surface area (Å²) in [5.74, 6) is 0.0611. The Kier molecular flexibility index (Phi) is 2.51. The van der Waals surface area contributed by atoms with E-state index in [1.54, 1.807) is 20.8 Å². The molecule has 1 rings (SSSR count). The molecule has 1 saturated heterocycles. The highest BCUT2D eigenvalue weighted by Crippen LogP contribution is 2.28. The number of carbonyl (C=O) groups is 1. The third-order valence-electron chi connectivity index (χ3n) is 2.33. The van der Waals surface area contributed by atoms with Crippen molar-refractivity contribution in [1.82, 2.24) is 4.31 Å². The lowest BCUT2D eigenvalue weighted by Crippen LogP contribution is -2.43. The van der Waals surface area contributed by atoms with Gasteiger partial charge in [-0.25, -0.2) is 8.42 Å². The molecule has 5 heteroatoms. The van der Waals surface area contributed by atoms with Crippen LogP contribution in [0.5, 0.6) is 0 Å². The first-order valence-corrected chi connectivity index (χ1v) is 5.93. The van der Waals surface area contributed by atoms with Crippen LogP contribution in [0, 0.1) is 0 Å². The molecule has 0 unspecified atom stereocenters. The number of sulfonamides is 1. The zero-order valence-electron chi connectivity index (χ0n) is 8.20. The fourth-order valence-electron chi connectivity index (χ4n) is 1.63.